The monoisotopic (exact) mass is 242 g/mol. The lowest BCUT2D eigenvalue weighted by molar-refractivity contribution is -0.109. The fourth-order valence-electron chi connectivity index (χ4n) is 1.07. The Morgan fingerprint density at radius 1 is 1.44 bits per heavy atom. The average Bonchev–Trinajstić information content (AvgIpc) is 2.26. The minimum atomic E-state index is -1.06. The molecule has 1 rings (SSSR count). The molecule has 0 aliphatic carbocycles. The van der Waals surface area contributed by atoms with Crippen molar-refractivity contribution >= 4 is 16.9 Å². The van der Waals surface area contributed by atoms with E-state index in [0.717, 1.165) is 11.8 Å². The summed E-state index contributed by atoms with van der Waals surface area (Å²) in [5, 5.41) is 19.3. The van der Waals surface area contributed by atoms with Crippen LogP contribution in [-0.2, 0) is 4.79 Å². The minimum absolute atomic E-state index is 0.0913. The zero-order valence-corrected chi connectivity index (χ0v) is 9.94. The van der Waals surface area contributed by atoms with Gasteiger partial charge in [0.15, 0.2) is 5.12 Å². The number of nitrogens with zero attached hydrogens (tertiary/aromatic N) is 2. The summed E-state index contributed by atoms with van der Waals surface area (Å²) in [5.41, 5.74) is 0.447. The van der Waals surface area contributed by atoms with Crippen LogP contribution in [-0.4, -0.2) is 37.2 Å². The molecule has 0 aromatic carbocycles. The van der Waals surface area contributed by atoms with Crippen LogP contribution in [0.25, 0.3) is 0 Å². The van der Waals surface area contributed by atoms with Gasteiger partial charge in [0.25, 0.3) is 0 Å². The van der Waals surface area contributed by atoms with E-state index in [-0.39, 0.29) is 10.9 Å². The molecule has 0 bridgehead atoms. The molecular formula is C10H14N2O3S. The maximum atomic E-state index is 10.7. The highest BCUT2D eigenvalue weighted by Gasteiger charge is 2.19. The van der Waals surface area contributed by atoms with Crippen LogP contribution in [0, 0.1) is 6.92 Å². The van der Waals surface area contributed by atoms with Crippen molar-refractivity contribution in [2.75, 3.05) is 5.75 Å². The van der Waals surface area contributed by atoms with Gasteiger partial charge in [-0.2, -0.15) is 0 Å². The summed E-state index contributed by atoms with van der Waals surface area (Å²) in [6, 6.07) is 0. The number of hydrogen-bond acceptors (Lipinski definition) is 6. The largest absolute Gasteiger partial charge is 0.389 e. The third kappa shape index (κ3) is 3.88. The zero-order valence-electron chi connectivity index (χ0n) is 9.12. The normalized spacial score (nSPS) is 14.5. The number of carbonyl (C=O) groups is 1. The molecule has 1 heterocycles. The maximum Gasteiger partial charge on any atom is 0.185 e. The van der Waals surface area contributed by atoms with Gasteiger partial charge >= 0.3 is 0 Å². The average molecular weight is 242 g/mol. The SMILES string of the molecule is CC(=O)SCC(O)C(O)c1cnc(C)nc1. The van der Waals surface area contributed by atoms with Gasteiger partial charge in [-0.3, -0.25) is 4.79 Å². The molecule has 1 aromatic rings. The van der Waals surface area contributed by atoms with Gasteiger partial charge in [0, 0.05) is 30.6 Å². The van der Waals surface area contributed by atoms with Crippen LogP contribution in [0.3, 0.4) is 0 Å². The molecule has 0 saturated heterocycles. The number of aliphatic hydroxyl groups excluding tert-OH is 2. The lowest BCUT2D eigenvalue weighted by atomic mass is 10.1. The fraction of sp³-hybridized carbons (Fsp3) is 0.500. The zero-order chi connectivity index (χ0) is 12.1. The first-order valence-electron chi connectivity index (χ1n) is 4.78. The number of thioether (sulfide) groups is 1. The van der Waals surface area contributed by atoms with Crippen LogP contribution < -0.4 is 0 Å². The highest BCUT2D eigenvalue weighted by molar-refractivity contribution is 8.13. The molecule has 0 amide bonds. The molecule has 0 spiro atoms. The predicted octanol–water partition coefficient (Wildman–Crippen LogP) is 0.459. The summed E-state index contributed by atoms with van der Waals surface area (Å²) in [5.74, 6) is 0.758. The van der Waals surface area contributed by atoms with E-state index >= 15 is 0 Å². The molecule has 2 N–H and O–H groups in total. The van der Waals surface area contributed by atoms with Crippen LogP contribution >= 0.6 is 11.8 Å². The molecule has 0 aliphatic heterocycles. The summed E-state index contributed by atoms with van der Waals surface area (Å²) in [4.78, 5) is 18.5. The van der Waals surface area contributed by atoms with E-state index in [1.54, 1.807) is 6.92 Å². The standard InChI is InChI=1S/C10H14N2O3S/c1-6-11-3-8(4-12-6)10(15)9(14)5-16-7(2)13/h3-4,9-10,14-15H,5H2,1-2H3. The van der Waals surface area contributed by atoms with Gasteiger partial charge in [-0.05, 0) is 6.92 Å². The van der Waals surface area contributed by atoms with E-state index in [1.165, 1.54) is 19.3 Å². The molecule has 1 aromatic heterocycles. The van der Waals surface area contributed by atoms with Gasteiger partial charge in [0.05, 0.1) is 6.10 Å². The molecule has 16 heavy (non-hydrogen) atoms. The Balaban J connectivity index is 2.59. The Kier molecular flexibility index (Phi) is 4.85. The number of aliphatic hydroxyl groups is 2. The summed E-state index contributed by atoms with van der Waals surface area (Å²) in [6.07, 6.45) is 0.871. The van der Waals surface area contributed by atoms with E-state index in [9.17, 15) is 15.0 Å². The van der Waals surface area contributed by atoms with Crippen molar-refractivity contribution in [3.63, 3.8) is 0 Å². The molecular weight excluding hydrogens is 228 g/mol. The van der Waals surface area contributed by atoms with Crippen LogP contribution in [0.5, 0.6) is 0 Å². The third-order valence-corrected chi connectivity index (χ3v) is 2.88. The first kappa shape index (κ1) is 13.1. The first-order chi connectivity index (χ1) is 7.50. The summed E-state index contributed by atoms with van der Waals surface area (Å²) in [7, 11) is 0. The topological polar surface area (TPSA) is 83.3 Å². The molecule has 2 atom stereocenters. The maximum absolute atomic E-state index is 10.7. The molecule has 0 aliphatic rings. The molecule has 0 fully saturated rings. The summed E-state index contributed by atoms with van der Waals surface area (Å²) < 4.78 is 0. The smallest absolute Gasteiger partial charge is 0.185 e. The molecule has 88 valence electrons. The van der Waals surface area contributed by atoms with Gasteiger partial charge in [-0.15, -0.1) is 0 Å². The molecule has 5 nitrogen and oxygen atoms in total. The van der Waals surface area contributed by atoms with Crippen LogP contribution in [0.1, 0.15) is 24.4 Å². The van der Waals surface area contributed by atoms with Crippen molar-refractivity contribution in [1.29, 1.82) is 0 Å². The van der Waals surface area contributed by atoms with Crippen LogP contribution in [0.2, 0.25) is 0 Å². The summed E-state index contributed by atoms with van der Waals surface area (Å²) in [6.45, 7) is 3.15. The van der Waals surface area contributed by atoms with Crippen molar-refractivity contribution < 1.29 is 15.0 Å². The number of hydrogen-bond donors (Lipinski definition) is 2. The van der Waals surface area contributed by atoms with E-state index < -0.39 is 12.2 Å². The minimum Gasteiger partial charge on any atom is -0.389 e. The van der Waals surface area contributed by atoms with Crippen LogP contribution in [0.4, 0.5) is 0 Å². The Morgan fingerprint density at radius 3 is 2.50 bits per heavy atom. The number of rotatable bonds is 4. The van der Waals surface area contributed by atoms with Crippen molar-refractivity contribution in [2.24, 2.45) is 0 Å². The molecule has 0 radical (unpaired) electrons. The Morgan fingerprint density at radius 2 is 2.00 bits per heavy atom. The fourth-order valence-corrected chi connectivity index (χ4v) is 1.66. The molecule has 6 heteroatoms. The highest BCUT2D eigenvalue weighted by Crippen LogP contribution is 2.18. The Bertz CT molecular complexity index is 356. The first-order valence-corrected chi connectivity index (χ1v) is 5.77. The lowest BCUT2D eigenvalue weighted by Gasteiger charge is -2.16. The van der Waals surface area contributed by atoms with Gasteiger partial charge in [0.1, 0.15) is 11.9 Å². The van der Waals surface area contributed by atoms with Crippen molar-refractivity contribution in [3.05, 3.63) is 23.8 Å². The molecule has 0 saturated carbocycles. The molecule has 2 unspecified atom stereocenters. The second-order valence-electron chi connectivity index (χ2n) is 3.38. The third-order valence-electron chi connectivity index (χ3n) is 1.96. The second-order valence-corrected chi connectivity index (χ2v) is 4.58. The Labute approximate surface area is 97.9 Å². The quantitative estimate of drug-likeness (QED) is 0.798. The van der Waals surface area contributed by atoms with Crippen LogP contribution in [0.15, 0.2) is 12.4 Å². The highest BCUT2D eigenvalue weighted by atomic mass is 32.2. The van der Waals surface area contributed by atoms with Gasteiger partial charge in [0.2, 0.25) is 0 Å². The predicted molar refractivity (Wildman–Crippen MR) is 60.9 cm³/mol. The van der Waals surface area contributed by atoms with E-state index in [1.807, 2.05) is 0 Å². The number of aryl methyl sites for hydroxylation is 1. The second kappa shape index (κ2) is 5.93. The number of aromatic nitrogens is 2. The Hall–Kier alpha value is -0.980. The van der Waals surface area contributed by atoms with Gasteiger partial charge < -0.3 is 10.2 Å². The summed E-state index contributed by atoms with van der Waals surface area (Å²) >= 11 is 0.976. The van der Waals surface area contributed by atoms with E-state index in [0.29, 0.717) is 11.4 Å². The number of carbonyl (C=O) groups excluding carboxylic acids is 1. The lowest BCUT2D eigenvalue weighted by Crippen LogP contribution is -2.21. The van der Waals surface area contributed by atoms with Gasteiger partial charge in [-0.1, -0.05) is 11.8 Å². The van der Waals surface area contributed by atoms with Crippen molar-refractivity contribution in [2.45, 2.75) is 26.1 Å². The van der Waals surface area contributed by atoms with Crippen molar-refractivity contribution in [1.82, 2.24) is 9.97 Å². The van der Waals surface area contributed by atoms with Gasteiger partial charge in [-0.25, -0.2) is 9.97 Å². The van der Waals surface area contributed by atoms with E-state index in [4.69, 9.17) is 0 Å². The van der Waals surface area contributed by atoms with Crippen molar-refractivity contribution in [3.8, 4) is 0 Å². The van der Waals surface area contributed by atoms with E-state index in [2.05, 4.69) is 9.97 Å².